The van der Waals surface area contributed by atoms with Gasteiger partial charge in [-0.15, -0.1) is 0 Å². The van der Waals surface area contributed by atoms with Crippen LogP contribution in [0.1, 0.15) is 35.3 Å². The number of aryl methyl sites for hydroxylation is 1. The van der Waals surface area contributed by atoms with Crippen molar-refractivity contribution in [3.8, 4) is 0 Å². The number of aliphatic hydroxyl groups is 1. The van der Waals surface area contributed by atoms with Gasteiger partial charge in [0.1, 0.15) is 5.56 Å². The van der Waals surface area contributed by atoms with Crippen molar-refractivity contribution in [1.82, 2.24) is 19.9 Å². The Morgan fingerprint density at radius 1 is 1.55 bits per heavy atom. The van der Waals surface area contributed by atoms with E-state index in [0.717, 1.165) is 19.3 Å². The lowest BCUT2D eigenvalue weighted by Crippen LogP contribution is -2.32. The number of amides is 1. The fraction of sp³-hybridized carbons (Fsp3) is 0.500. The maximum atomic E-state index is 12.3. The summed E-state index contributed by atoms with van der Waals surface area (Å²) in [5.74, 6) is -0.00986. The molecule has 1 saturated carbocycles. The van der Waals surface area contributed by atoms with E-state index in [0.29, 0.717) is 23.4 Å². The van der Waals surface area contributed by atoms with E-state index in [4.69, 9.17) is 0 Å². The molecule has 1 aliphatic rings. The molecule has 2 atom stereocenters. The summed E-state index contributed by atoms with van der Waals surface area (Å²) in [4.78, 5) is 16.5. The number of carbonyl (C=O) groups is 1. The van der Waals surface area contributed by atoms with Crippen LogP contribution in [0, 0.1) is 12.8 Å². The Balaban J connectivity index is 1.77. The SMILES string of the molecule is Cc1nn2cccnc2c1C(=O)NCC1CCCC1O. The summed E-state index contributed by atoms with van der Waals surface area (Å²) in [6, 6.07) is 1.77. The lowest BCUT2D eigenvalue weighted by atomic mass is 10.1. The molecule has 2 unspecified atom stereocenters. The first-order chi connectivity index (χ1) is 9.66. The number of fused-ring (bicyclic) bond motifs is 1. The zero-order valence-corrected chi connectivity index (χ0v) is 11.4. The van der Waals surface area contributed by atoms with Gasteiger partial charge in [-0.3, -0.25) is 4.79 Å². The topological polar surface area (TPSA) is 79.5 Å². The summed E-state index contributed by atoms with van der Waals surface area (Å²) < 4.78 is 1.61. The Labute approximate surface area is 116 Å². The molecule has 20 heavy (non-hydrogen) atoms. The number of aliphatic hydroxyl groups excluding tert-OH is 1. The van der Waals surface area contributed by atoms with Crippen molar-refractivity contribution in [3.05, 3.63) is 29.7 Å². The van der Waals surface area contributed by atoms with Gasteiger partial charge in [0, 0.05) is 24.9 Å². The number of hydrogen-bond donors (Lipinski definition) is 2. The van der Waals surface area contributed by atoms with Crippen LogP contribution < -0.4 is 5.32 Å². The molecule has 0 bridgehead atoms. The predicted octanol–water partition coefficient (Wildman–Crippen LogP) is 0.929. The highest BCUT2D eigenvalue weighted by atomic mass is 16.3. The predicted molar refractivity (Wildman–Crippen MR) is 73.4 cm³/mol. The second-order valence-electron chi connectivity index (χ2n) is 5.32. The minimum absolute atomic E-state index is 0.161. The lowest BCUT2D eigenvalue weighted by molar-refractivity contribution is 0.0917. The van der Waals surface area contributed by atoms with E-state index in [1.54, 1.807) is 29.9 Å². The van der Waals surface area contributed by atoms with E-state index in [1.165, 1.54) is 0 Å². The van der Waals surface area contributed by atoms with Crippen molar-refractivity contribution in [2.24, 2.45) is 5.92 Å². The van der Waals surface area contributed by atoms with Crippen molar-refractivity contribution < 1.29 is 9.90 Å². The quantitative estimate of drug-likeness (QED) is 0.872. The normalized spacial score (nSPS) is 22.3. The molecule has 1 fully saturated rings. The van der Waals surface area contributed by atoms with Crippen LogP contribution in [0.25, 0.3) is 5.65 Å². The summed E-state index contributed by atoms with van der Waals surface area (Å²) in [5, 5.41) is 16.9. The Bertz CT molecular complexity index is 637. The Hall–Kier alpha value is -1.95. The summed E-state index contributed by atoms with van der Waals surface area (Å²) >= 11 is 0. The van der Waals surface area contributed by atoms with Crippen molar-refractivity contribution in [1.29, 1.82) is 0 Å². The van der Waals surface area contributed by atoms with E-state index in [1.807, 2.05) is 0 Å². The first kappa shape index (κ1) is 13.1. The summed E-state index contributed by atoms with van der Waals surface area (Å²) in [7, 11) is 0. The van der Waals surface area contributed by atoms with Gasteiger partial charge in [0.15, 0.2) is 5.65 Å². The first-order valence-corrected chi connectivity index (χ1v) is 6.93. The first-order valence-electron chi connectivity index (χ1n) is 6.93. The van der Waals surface area contributed by atoms with Gasteiger partial charge in [0.2, 0.25) is 0 Å². The largest absolute Gasteiger partial charge is 0.393 e. The molecular weight excluding hydrogens is 256 g/mol. The molecule has 6 heteroatoms. The van der Waals surface area contributed by atoms with Gasteiger partial charge in [-0.2, -0.15) is 5.10 Å². The fourth-order valence-corrected chi connectivity index (χ4v) is 2.83. The van der Waals surface area contributed by atoms with Gasteiger partial charge in [0.25, 0.3) is 5.91 Å². The Kier molecular flexibility index (Phi) is 3.40. The van der Waals surface area contributed by atoms with Gasteiger partial charge in [-0.05, 0) is 25.8 Å². The monoisotopic (exact) mass is 274 g/mol. The van der Waals surface area contributed by atoms with Crippen molar-refractivity contribution in [3.63, 3.8) is 0 Å². The van der Waals surface area contributed by atoms with Gasteiger partial charge < -0.3 is 10.4 Å². The van der Waals surface area contributed by atoms with Crippen LogP contribution in [0.15, 0.2) is 18.5 Å². The minimum atomic E-state index is -0.293. The molecule has 2 N–H and O–H groups in total. The number of carbonyl (C=O) groups excluding carboxylic acids is 1. The molecule has 3 rings (SSSR count). The molecule has 0 aliphatic heterocycles. The molecule has 1 amide bonds. The smallest absolute Gasteiger partial charge is 0.257 e. The molecule has 0 aromatic carbocycles. The van der Waals surface area contributed by atoms with Gasteiger partial charge in [-0.1, -0.05) is 6.42 Å². The molecule has 0 radical (unpaired) electrons. The maximum Gasteiger partial charge on any atom is 0.257 e. The minimum Gasteiger partial charge on any atom is -0.393 e. The average molecular weight is 274 g/mol. The third-order valence-electron chi connectivity index (χ3n) is 3.94. The fourth-order valence-electron chi connectivity index (χ4n) is 2.83. The summed E-state index contributed by atoms with van der Waals surface area (Å²) in [6.07, 6.45) is 5.95. The average Bonchev–Trinajstić information content (AvgIpc) is 2.98. The maximum absolute atomic E-state index is 12.3. The van der Waals surface area contributed by atoms with Crippen LogP contribution in [-0.2, 0) is 0 Å². The highest BCUT2D eigenvalue weighted by molar-refractivity contribution is 6.00. The third-order valence-corrected chi connectivity index (χ3v) is 3.94. The van der Waals surface area contributed by atoms with Crippen molar-refractivity contribution in [2.75, 3.05) is 6.54 Å². The Morgan fingerprint density at radius 3 is 3.15 bits per heavy atom. The van der Waals surface area contributed by atoms with E-state index < -0.39 is 0 Å². The van der Waals surface area contributed by atoms with Gasteiger partial charge >= 0.3 is 0 Å². The molecule has 2 aromatic heterocycles. The van der Waals surface area contributed by atoms with Gasteiger partial charge in [0.05, 0.1) is 11.8 Å². The molecule has 2 heterocycles. The number of aromatic nitrogens is 3. The number of nitrogens with one attached hydrogen (secondary N) is 1. The number of hydrogen-bond acceptors (Lipinski definition) is 4. The second kappa shape index (κ2) is 5.20. The van der Waals surface area contributed by atoms with Crippen LogP contribution in [-0.4, -0.2) is 38.3 Å². The number of rotatable bonds is 3. The standard InChI is InChI=1S/C14H18N4O2/c1-9-12(13-15-6-3-7-18(13)17-9)14(20)16-8-10-4-2-5-11(10)19/h3,6-7,10-11,19H,2,4-5,8H2,1H3,(H,16,20). The van der Waals surface area contributed by atoms with Gasteiger partial charge in [-0.25, -0.2) is 9.50 Å². The third kappa shape index (κ3) is 2.27. The second-order valence-corrected chi connectivity index (χ2v) is 5.32. The lowest BCUT2D eigenvalue weighted by Gasteiger charge is -2.14. The highest BCUT2D eigenvalue weighted by Gasteiger charge is 2.26. The zero-order chi connectivity index (χ0) is 14.1. The highest BCUT2D eigenvalue weighted by Crippen LogP contribution is 2.24. The molecule has 0 saturated heterocycles. The van der Waals surface area contributed by atoms with E-state index >= 15 is 0 Å². The van der Waals surface area contributed by atoms with E-state index in [-0.39, 0.29) is 17.9 Å². The van der Waals surface area contributed by atoms with Crippen LogP contribution in [0.3, 0.4) is 0 Å². The molecule has 2 aromatic rings. The molecule has 1 aliphatic carbocycles. The molecule has 0 spiro atoms. The van der Waals surface area contributed by atoms with Crippen LogP contribution in [0.4, 0.5) is 0 Å². The van der Waals surface area contributed by atoms with Crippen LogP contribution >= 0.6 is 0 Å². The zero-order valence-electron chi connectivity index (χ0n) is 11.4. The molecule has 106 valence electrons. The Morgan fingerprint density at radius 2 is 2.40 bits per heavy atom. The van der Waals surface area contributed by atoms with Crippen LogP contribution in [0.2, 0.25) is 0 Å². The molecular formula is C14H18N4O2. The van der Waals surface area contributed by atoms with E-state index in [2.05, 4.69) is 15.4 Å². The number of nitrogens with zero attached hydrogens (tertiary/aromatic N) is 3. The molecule has 6 nitrogen and oxygen atoms in total. The van der Waals surface area contributed by atoms with Crippen molar-refractivity contribution >= 4 is 11.6 Å². The van der Waals surface area contributed by atoms with E-state index in [9.17, 15) is 9.90 Å². The van der Waals surface area contributed by atoms with Crippen molar-refractivity contribution in [2.45, 2.75) is 32.3 Å². The van der Waals surface area contributed by atoms with Crippen LogP contribution in [0.5, 0.6) is 0 Å². The summed E-state index contributed by atoms with van der Waals surface area (Å²) in [5.41, 5.74) is 1.74. The summed E-state index contributed by atoms with van der Waals surface area (Å²) in [6.45, 7) is 2.30.